The standard InChI is InChI=1S/C7H6F3NO/c1-4-2-5(7(8,9)10)11-6(12)3-4/h2-3H,1H3,(H,11,12)/i2D,3D. The molecule has 0 bridgehead atoms. The van der Waals surface area contributed by atoms with Gasteiger partial charge in [0.1, 0.15) is 5.69 Å². The highest BCUT2D eigenvalue weighted by atomic mass is 19.4. The monoisotopic (exact) mass is 179 g/mol. The van der Waals surface area contributed by atoms with Crippen LogP contribution in [0.4, 0.5) is 13.2 Å². The summed E-state index contributed by atoms with van der Waals surface area (Å²) in [6.07, 6.45) is -4.78. The van der Waals surface area contributed by atoms with Crippen LogP contribution in [0.3, 0.4) is 0 Å². The Hall–Kier alpha value is -1.26. The lowest BCUT2D eigenvalue weighted by Gasteiger charge is -2.06. The number of aromatic hydroxyl groups is 1. The highest BCUT2D eigenvalue weighted by Gasteiger charge is 2.32. The molecule has 0 aliphatic heterocycles. The van der Waals surface area contributed by atoms with Crippen LogP contribution in [0.25, 0.3) is 0 Å². The predicted octanol–water partition coefficient (Wildman–Crippen LogP) is 2.11. The Kier molecular flexibility index (Phi) is 1.39. The SMILES string of the molecule is [2H]c1c(O)nc(C(F)(F)F)c([2H])c1C. The van der Waals surface area contributed by atoms with E-state index in [4.69, 9.17) is 7.85 Å². The summed E-state index contributed by atoms with van der Waals surface area (Å²) < 4.78 is 50.7. The Labute approximate surface area is 69.5 Å². The number of nitrogens with zero attached hydrogens (tertiary/aromatic N) is 1. The number of alkyl halides is 3. The largest absolute Gasteiger partial charge is 0.493 e. The fraction of sp³-hybridized carbons (Fsp3) is 0.286. The summed E-state index contributed by atoms with van der Waals surface area (Å²) in [6, 6.07) is -1.43. The molecule has 0 amide bonds. The molecule has 0 spiro atoms. The van der Waals surface area contributed by atoms with E-state index in [1.54, 1.807) is 0 Å². The molecule has 0 aromatic carbocycles. The lowest BCUT2D eigenvalue weighted by Crippen LogP contribution is -2.07. The van der Waals surface area contributed by atoms with Gasteiger partial charge in [-0.15, -0.1) is 0 Å². The molecule has 0 aliphatic rings. The maximum absolute atomic E-state index is 12.2. The van der Waals surface area contributed by atoms with Crippen molar-refractivity contribution in [2.24, 2.45) is 0 Å². The van der Waals surface area contributed by atoms with Crippen molar-refractivity contribution < 1.29 is 21.0 Å². The second-order valence-corrected chi connectivity index (χ2v) is 2.16. The number of hydrogen-bond donors (Lipinski definition) is 1. The van der Waals surface area contributed by atoms with Crippen LogP contribution in [0.5, 0.6) is 5.88 Å². The van der Waals surface area contributed by atoms with E-state index >= 15 is 0 Å². The summed E-state index contributed by atoms with van der Waals surface area (Å²) in [6.45, 7) is 1.15. The van der Waals surface area contributed by atoms with Gasteiger partial charge in [-0.05, 0) is 18.5 Å². The van der Waals surface area contributed by atoms with Crippen molar-refractivity contribution in [2.45, 2.75) is 13.1 Å². The lowest BCUT2D eigenvalue weighted by molar-refractivity contribution is -0.141. The normalized spacial score (nSPS) is 14.0. The Balaban J connectivity index is 3.49. The first-order valence-corrected chi connectivity index (χ1v) is 2.99. The van der Waals surface area contributed by atoms with E-state index in [1.807, 2.05) is 0 Å². The maximum atomic E-state index is 12.2. The minimum absolute atomic E-state index is 0.246. The Morgan fingerprint density at radius 3 is 2.58 bits per heavy atom. The van der Waals surface area contributed by atoms with Gasteiger partial charge in [0.25, 0.3) is 0 Å². The van der Waals surface area contributed by atoms with E-state index in [-0.39, 0.29) is 5.56 Å². The second kappa shape index (κ2) is 2.66. The van der Waals surface area contributed by atoms with Crippen molar-refractivity contribution in [3.63, 3.8) is 0 Å². The molecule has 5 heteroatoms. The predicted molar refractivity (Wildman–Crippen MR) is 35.6 cm³/mol. The molecule has 66 valence electrons. The van der Waals surface area contributed by atoms with Crippen LogP contribution in [-0.2, 0) is 6.18 Å². The molecule has 1 rings (SSSR count). The Morgan fingerprint density at radius 2 is 2.08 bits per heavy atom. The van der Waals surface area contributed by atoms with Crippen molar-refractivity contribution in [1.82, 2.24) is 4.98 Å². The van der Waals surface area contributed by atoms with Crippen molar-refractivity contribution in [3.8, 4) is 5.88 Å². The van der Waals surface area contributed by atoms with Crippen LogP contribution in [0.2, 0.25) is 0 Å². The van der Waals surface area contributed by atoms with E-state index in [0.29, 0.717) is 0 Å². The first-order valence-electron chi connectivity index (χ1n) is 3.99. The molecule has 0 unspecified atom stereocenters. The van der Waals surface area contributed by atoms with Gasteiger partial charge < -0.3 is 5.11 Å². The van der Waals surface area contributed by atoms with Gasteiger partial charge in [-0.1, -0.05) is 0 Å². The average molecular weight is 179 g/mol. The van der Waals surface area contributed by atoms with Crippen molar-refractivity contribution in [3.05, 3.63) is 23.3 Å². The smallest absolute Gasteiger partial charge is 0.433 e. The molecular formula is C7H6F3NO. The minimum Gasteiger partial charge on any atom is -0.493 e. The highest BCUT2D eigenvalue weighted by Crippen LogP contribution is 2.29. The number of rotatable bonds is 0. The molecule has 0 fully saturated rings. The molecule has 1 N–H and O–H groups in total. The molecule has 12 heavy (non-hydrogen) atoms. The molecule has 1 aromatic rings. The minimum atomic E-state index is -4.78. The number of halogens is 3. The van der Waals surface area contributed by atoms with Gasteiger partial charge in [-0.2, -0.15) is 13.2 Å². The zero-order valence-electron chi connectivity index (χ0n) is 8.03. The van der Waals surface area contributed by atoms with Crippen molar-refractivity contribution in [1.29, 1.82) is 0 Å². The van der Waals surface area contributed by atoms with Crippen LogP contribution in [0.15, 0.2) is 12.1 Å². The summed E-state index contributed by atoms with van der Waals surface area (Å²) in [4.78, 5) is 2.76. The van der Waals surface area contributed by atoms with E-state index in [1.165, 1.54) is 0 Å². The zero-order chi connectivity index (χ0) is 11.1. The third-order valence-corrected chi connectivity index (χ3v) is 1.09. The summed E-state index contributed by atoms with van der Waals surface area (Å²) in [5.74, 6) is -1.01. The first-order chi connectivity index (χ1) is 6.25. The van der Waals surface area contributed by atoms with Gasteiger partial charge in [0.05, 0.1) is 2.74 Å². The van der Waals surface area contributed by atoms with Crippen molar-refractivity contribution in [2.75, 3.05) is 0 Å². The number of hydrogen-bond acceptors (Lipinski definition) is 2. The Morgan fingerprint density at radius 1 is 1.50 bits per heavy atom. The molecule has 0 saturated carbocycles. The van der Waals surface area contributed by atoms with Crippen LogP contribution < -0.4 is 0 Å². The number of pyridine rings is 1. The van der Waals surface area contributed by atoms with Crippen LogP contribution in [-0.4, -0.2) is 10.1 Å². The quantitative estimate of drug-likeness (QED) is 0.661. The molecule has 0 saturated heterocycles. The van der Waals surface area contributed by atoms with E-state index in [0.717, 1.165) is 6.92 Å². The first kappa shape index (κ1) is 6.28. The maximum Gasteiger partial charge on any atom is 0.433 e. The van der Waals surface area contributed by atoms with Gasteiger partial charge >= 0.3 is 6.18 Å². The molecule has 0 atom stereocenters. The number of aromatic nitrogens is 1. The highest BCUT2D eigenvalue weighted by molar-refractivity contribution is 5.24. The van der Waals surface area contributed by atoms with Gasteiger partial charge in [-0.3, -0.25) is 0 Å². The van der Waals surface area contributed by atoms with Gasteiger partial charge in [-0.25, -0.2) is 4.98 Å². The lowest BCUT2D eigenvalue weighted by atomic mass is 10.2. The van der Waals surface area contributed by atoms with E-state index in [9.17, 15) is 13.2 Å². The van der Waals surface area contributed by atoms with E-state index in [2.05, 4.69) is 4.98 Å². The summed E-state index contributed by atoms with van der Waals surface area (Å²) in [5.41, 5.74) is -1.71. The summed E-state index contributed by atoms with van der Waals surface area (Å²) in [7, 11) is 0. The third-order valence-electron chi connectivity index (χ3n) is 1.09. The topological polar surface area (TPSA) is 33.1 Å². The van der Waals surface area contributed by atoms with Crippen molar-refractivity contribution >= 4 is 0 Å². The molecule has 1 heterocycles. The molecule has 2 nitrogen and oxygen atoms in total. The second-order valence-electron chi connectivity index (χ2n) is 2.16. The summed E-state index contributed by atoms with van der Waals surface area (Å²) in [5, 5.41) is 8.89. The van der Waals surface area contributed by atoms with Crippen LogP contribution in [0.1, 0.15) is 14.0 Å². The van der Waals surface area contributed by atoms with Crippen LogP contribution in [0, 0.1) is 6.92 Å². The molecular weight excluding hydrogens is 171 g/mol. The van der Waals surface area contributed by atoms with E-state index < -0.39 is 29.8 Å². The van der Waals surface area contributed by atoms with Crippen LogP contribution >= 0.6 is 0 Å². The average Bonchev–Trinajstić information content (AvgIpc) is 2.06. The van der Waals surface area contributed by atoms with Gasteiger partial charge in [0.15, 0.2) is 0 Å². The third kappa shape index (κ3) is 1.87. The fourth-order valence-electron chi connectivity index (χ4n) is 0.673. The zero-order valence-corrected chi connectivity index (χ0v) is 6.03. The summed E-state index contributed by atoms with van der Waals surface area (Å²) >= 11 is 0. The molecule has 0 aliphatic carbocycles. The van der Waals surface area contributed by atoms with Gasteiger partial charge in [0, 0.05) is 6.04 Å². The Bertz CT molecular complexity index is 378. The molecule has 1 aromatic heterocycles. The molecule has 0 radical (unpaired) electrons. The fourth-order valence-corrected chi connectivity index (χ4v) is 0.673. The van der Waals surface area contributed by atoms with Gasteiger partial charge in [0.2, 0.25) is 5.88 Å².